The topological polar surface area (TPSA) is 182 Å². The lowest BCUT2D eigenvalue weighted by atomic mass is 9.90. The first-order valence-corrected chi connectivity index (χ1v) is 27.9. The number of nitrogens with one attached hydrogen (secondary N) is 2. The molecule has 9 rings (SSSR count). The third kappa shape index (κ3) is 14.3. The van der Waals surface area contributed by atoms with Gasteiger partial charge in [-0.2, -0.15) is 26.3 Å². The number of halogens is 6. The van der Waals surface area contributed by atoms with E-state index in [0.29, 0.717) is 30.0 Å². The van der Waals surface area contributed by atoms with Crippen molar-refractivity contribution < 1.29 is 78.8 Å². The van der Waals surface area contributed by atoms with Crippen molar-refractivity contribution in [1.29, 1.82) is 0 Å². The summed E-state index contributed by atoms with van der Waals surface area (Å²) in [6.45, 7) is 6.17. The SMILES string of the molecule is CC(C)N(C(=O)c1cc2c(cc1C(F)(F)F)OC(C)(c1ccccc1)C(=O)N2CCNC(=O)OCc1ccccc1)C1CCCCC1.COC(=O)c1cc2c(cc1C(F)(F)F)OC(C)(c1ccccc1)C(=O)N2CCNC(=O)OCc1ccccc1. The number of carbonyl (C=O) groups is 6. The van der Waals surface area contributed by atoms with Crippen LogP contribution in [0.3, 0.4) is 0 Å². The minimum atomic E-state index is -4.90. The number of nitrogens with zero attached hydrogens (tertiary/aromatic N) is 3. The van der Waals surface area contributed by atoms with Crippen LogP contribution in [-0.2, 0) is 60.6 Å². The largest absolute Gasteiger partial charge is 0.471 e. The number of hydrogen-bond donors (Lipinski definition) is 2. The molecule has 0 bridgehead atoms. The minimum absolute atomic E-state index is 0.0200. The molecule has 5 amide bonds. The Morgan fingerprint density at radius 1 is 0.593 bits per heavy atom. The van der Waals surface area contributed by atoms with Gasteiger partial charge in [-0.25, -0.2) is 14.4 Å². The zero-order chi connectivity index (χ0) is 62.0. The molecule has 6 aromatic rings. The number of esters is 1. The van der Waals surface area contributed by atoms with E-state index in [9.17, 15) is 55.1 Å². The third-order valence-electron chi connectivity index (χ3n) is 15.0. The molecule has 0 aromatic heterocycles. The highest BCUT2D eigenvalue weighted by atomic mass is 19.4. The van der Waals surface area contributed by atoms with Crippen LogP contribution >= 0.6 is 0 Å². The first kappa shape index (κ1) is 63.0. The first-order chi connectivity index (χ1) is 40.9. The fraction of sp³-hybridized carbons (Fsp3) is 0.344. The molecule has 454 valence electrons. The molecule has 2 atom stereocenters. The van der Waals surface area contributed by atoms with E-state index in [2.05, 4.69) is 15.4 Å². The Balaban J connectivity index is 0.000000227. The standard InChI is InChI=1S/C36H40F3N3O5.C28H25F3N2O6/c1-24(2)42(27-17-11-6-12-18-27)32(43)28-21-30-31(22-29(28)36(37,38)39)47-35(3,26-15-9-5-10-16-26)33(44)41(30)20-19-40-34(45)46-23-25-13-7-4-8-14-25;1-27(19-11-7-4-8-12-19)25(35)33(14-13-32-26(36)38-17-18-9-5-3-6-10-18)22-15-20(24(34)37-2)21(28(29,30)31)16-23(22)39-27/h4-5,7-10,13-16,21-22,24,27H,6,11-12,17-20,23H2,1-3H3,(H,40,45);3-12,15-16H,13-14,17H2,1-2H3,(H,32,36). The van der Waals surface area contributed by atoms with Crippen LogP contribution in [0.25, 0.3) is 0 Å². The lowest BCUT2D eigenvalue weighted by Gasteiger charge is -2.42. The highest BCUT2D eigenvalue weighted by Crippen LogP contribution is 2.49. The summed E-state index contributed by atoms with van der Waals surface area (Å²) in [4.78, 5) is 83.0. The second-order valence-electron chi connectivity index (χ2n) is 21.2. The molecule has 6 aromatic carbocycles. The van der Waals surface area contributed by atoms with E-state index in [-0.39, 0.29) is 74.4 Å². The van der Waals surface area contributed by atoms with Crippen molar-refractivity contribution in [3.8, 4) is 11.5 Å². The summed E-state index contributed by atoms with van der Waals surface area (Å²) in [6.07, 6.45) is -7.00. The van der Waals surface area contributed by atoms with E-state index in [1.807, 2.05) is 36.4 Å². The maximum absolute atomic E-state index is 14.7. The van der Waals surface area contributed by atoms with Gasteiger partial charge in [0.05, 0.1) is 40.7 Å². The molecule has 3 aliphatic rings. The van der Waals surface area contributed by atoms with Crippen LogP contribution in [0.4, 0.5) is 47.3 Å². The highest BCUT2D eigenvalue weighted by Gasteiger charge is 2.50. The summed E-state index contributed by atoms with van der Waals surface area (Å²) in [5.41, 5.74) is -4.71. The molecule has 0 radical (unpaired) electrons. The van der Waals surface area contributed by atoms with Gasteiger partial charge in [0.15, 0.2) is 0 Å². The van der Waals surface area contributed by atoms with E-state index in [0.717, 1.165) is 55.7 Å². The summed E-state index contributed by atoms with van der Waals surface area (Å²) < 4.78 is 113. The van der Waals surface area contributed by atoms with Gasteiger partial charge in [0.1, 0.15) is 24.7 Å². The predicted molar refractivity (Wildman–Crippen MR) is 305 cm³/mol. The monoisotopic (exact) mass is 1190 g/mol. The van der Waals surface area contributed by atoms with E-state index in [1.165, 1.54) is 23.6 Å². The van der Waals surface area contributed by atoms with Crippen molar-refractivity contribution in [2.75, 3.05) is 43.1 Å². The van der Waals surface area contributed by atoms with Crippen molar-refractivity contribution in [3.63, 3.8) is 0 Å². The lowest BCUT2D eigenvalue weighted by Crippen LogP contribution is -2.54. The molecule has 0 spiro atoms. The van der Waals surface area contributed by atoms with Crippen LogP contribution in [0.2, 0.25) is 0 Å². The lowest BCUT2D eigenvalue weighted by molar-refractivity contribution is -0.139. The number of alkyl carbamates (subject to hydrolysis) is 2. The van der Waals surface area contributed by atoms with E-state index in [1.54, 1.807) is 104 Å². The fourth-order valence-electron chi connectivity index (χ4n) is 10.6. The van der Waals surface area contributed by atoms with Crippen LogP contribution in [0.15, 0.2) is 146 Å². The maximum Gasteiger partial charge on any atom is 0.417 e. The number of ether oxygens (including phenoxy) is 5. The number of methoxy groups -OCH3 is 1. The van der Waals surface area contributed by atoms with Crippen molar-refractivity contribution in [1.82, 2.24) is 15.5 Å². The fourth-order valence-corrected chi connectivity index (χ4v) is 10.6. The molecular weight excluding hydrogens is 1130 g/mol. The quantitative estimate of drug-likeness (QED) is 0.0534. The zero-order valence-electron chi connectivity index (χ0n) is 47.9. The molecular formula is C64H65F6N5O11. The molecule has 16 nitrogen and oxygen atoms in total. The van der Waals surface area contributed by atoms with Crippen molar-refractivity contribution in [2.45, 2.75) is 109 Å². The zero-order valence-corrected chi connectivity index (χ0v) is 47.9. The number of benzene rings is 6. The Morgan fingerprint density at radius 2 is 0.977 bits per heavy atom. The summed E-state index contributed by atoms with van der Waals surface area (Å²) in [5, 5.41) is 5.15. The molecule has 2 N–H and O–H groups in total. The average molecular weight is 1190 g/mol. The number of amides is 5. The number of hydrogen-bond acceptors (Lipinski definition) is 11. The summed E-state index contributed by atoms with van der Waals surface area (Å²) in [6, 6.07) is 37.9. The third-order valence-corrected chi connectivity index (χ3v) is 15.0. The number of rotatable bonds is 16. The van der Waals surface area contributed by atoms with Gasteiger partial charge in [0.25, 0.3) is 17.7 Å². The average Bonchev–Trinajstić information content (AvgIpc) is 0.946. The molecule has 0 saturated heterocycles. The predicted octanol–water partition coefficient (Wildman–Crippen LogP) is 12.5. The van der Waals surface area contributed by atoms with Gasteiger partial charge in [-0.1, -0.05) is 141 Å². The van der Waals surface area contributed by atoms with Crippen molar-refractivity contribution >= 4 is 47.3 Å². The molecule has 22 heteroatoms. The normalized spacial score (nSPS) is 17.6. The highest BCUT2D eigenvalue weighted by molar-refractivity contribution is 6.06. The van der Waals surface area contributed by atoms with Gasteiger partial charge in [-0.3, -0.25) is 14.4 Å². The summed E-state index contributed by atoms with van der Waals surface area (Å²) >= 11 is 0. The molecule has 1 fully saturated rings. The molecule has 86 heavy (non-hydrogen) atoms. The Morgan fingerprint density at radius 3 is 1.36 bits per heavy atom. The van der Waals surface area contributed by atoms with Gasteiger partial charge in [-0.15, -0.1) is 0 Å². The Kier molecular flexibility index (Phi) is 19.7. The van der Waals surface area contributed by atoms with E-state index < -0.39 is 81.7 Å². The molecule has 2 aliphatic heterocycles. The minimum Gasteiger partial charge on any atom is -0.471 e. The Bertz CT molecular complexity index is 3390. The van der Waals surface area contributed by atoms with Gasteiger partial charge in [-0.05, 0) is 75.9 Å². The van der Waals surface area contributed by atoms with Crippen LogP contribution < -0.4 is 29.9 Å². The van der Waals surface area contributed by atoms with Crippen LogP contribution in [0.1, 0.15) is 114 Å². The maximum atomic E-state index is 14.7. The Hall–Kier alpha value is -9.08. The molecule has 2 heterocycles. The van der Waals surface area contributed by atoms with E-state index >= 15 is 0 Å². The summed E-state index contributed by atoms with van der Waals surface area (Å²) in [7, 11) is 0.957. The second-order valence-corrected chi connectivity index (χ2v) is 21.2. The molecule has 1 saturated carbocycles. The van der Waals surface area contributed by atoms with Gasteiger partial charge >= 0.3 is 30.5 Å². The molecule has 1 aliphatic carbocycles. The van der Waals surface area contributed by atoms with Gasteiger partial charge < -0.3 is 49.0 Å². The van der Waals surface area contributed by atoms with Crippen molar-refractivity contribution in [3.05, 3.63) is 190 Å². The number of fused-ring (bicyclic) bond motifs is 2. The van der Waals surface area contributed by atoms with Crippen LogP contribution in [0, 0.1) is 0 Å². The summed E-state index contributed by atoms with van der Waals surface area (Å²) in [5.74, 6) is -3.57. The van der Waals surface area contributed by atoms with Crippen LogP contribution in [0.5, 0.6) is 11.5 Å². The number of carbonyl (C=O) groups excluding carboxylic acids is 6. The van der Waals surface area contributed by atoms with Gasteiger partial charge in [0, 0.05) is 49.4 Å². The molecule has 2 unspecified atom stereocenters. The second kappa shape index (κ2) is 26.9. The smallest absolute Gasteiger partial charge is 0.417 e. The number of anilines is 2. The van der Waals surface area contributed by atoms with E-state index in [4.69, 9.17) is 18.9 Å². The first-order valence-electron chi connectivity index (χ1n) is 27.9. The van der Waals surface area contributed by atoms with Crippen LogP contribution in [-0.4, -0.2) is 86.1 Å². The van der Waals surface area contributed by atoms with Gasteiger partial charge in [0.2, 0.25) is 11.2 Å². The Labute approximate surface area is 493 Å². The van der Waals surface area contributed by atoms with Crippen molar-refractivity contribution in [2.24, 2.45) is 0 Å². The number of alkyl halides is 6.